The van der Waals surface area contributed by atoms with Crippen molar-refractivity contribution in [2.24, 2.45) is 0 Å². The molecule has 1 fully saturated rings. The fraction of sp³-hybridized carbons (Fsp3) is 0.800. The Labute approximate surface area is 74.6 Å². The van der Waals surface area contributed by atoms with E-state index in [2.05, 4.69) is 13.8 Å². The molecule has 0 bridgehead atoms. The molecule has 2 nitrogen and oxygen atoms in total. The van der Waals surface area contributed by atoms with Gasteiger partial charge in [0.25, 0.3) is 0 Å². The summed E-state index contributed by atoms with van der Waals surface area (Å²) in [6.45, 7) is 9.09. The molecule has 0 saturated carbocycles. The van der Waals surface area contributed by atoms with Crippen LogP contribution < -0.4 is 0 Å². The lowest BCUT2D eigenvalue weighted by Gasteiger charge is -2.34. The lowest BCUT2D eigenvalue weighted by Crippen LogP contribution is -2.38. The van der Waals surface area contributed by atoms with Crippen molar-refractivity contribution in [1.29, 1.82) is 0 Å². The molecular formula is C10H18O2. The van der Waals surface area contributed by atoms with Gasteiger partial charge < -0.3 is 9.47 Å². The van der Waals surface area contributed by atoms with Gasteiger partial charge in [0.1, 0.15) is 0 Å². The highest BCUT2D eigenvalue weighted by molar-refractivity contribution is 4.97. The van der Waals surface area contributed by atoms with Crippen LogP contribution in [0.3, 0.4) is 0 Å². The number of ether oxygens (including phenoxy) is 2. The van der Waals surface area contributed by atoms with Crippen molar-refractivity contribution in [3.8, 4) is 0 Å². The van der Waals surface area contributed by atoms with Gasteiger partial charge in [-0.3, -0.25) is 0 Å². The summed E-state index contributed by atoms with van der Waals surface area (Å²) in [6, 6.07) is 0. The molecule has 12 heavy (non-hydrogen) atoms. The zero-order valence-corrected chi connectivity index (χ0v) is 8.39. The Balaban J connectivity index is 2.52. The average Bonchev–Trinajstić information content (AvgIpc) is 1.82. The van der Waals surface area contributed by atoms with Crippen LogP contribution in [0.15, 0.2) is 11.6 Å². The van der Waals surface area contributed by atoms with E-state index in [0.29, 0.717) is 0 Å². The summed E-state index contributed by atoms with van der Waals surface area (Å²) in [4.78, 5) is 0. The second-order valence-electron chi connectivity index (χ2n) is 4.11. The van der Waals surface area contributed by atoms with Crippen LogP contribution in [0.4, 0.5) is 0 Å². The van der Waals surface area contributed by atoms with Gasteiger partial charge in [-0.2, -0.15) is 0 Å². The first-order valence-electron chi connectivity index (χ1n) is 4.44. The Bertz CT molecular complexity index is 178. The van der Waals surface area contributed by atoms with Gasteiger partial charge in [0, 0.05) is 0 Å². The zero-order valence-electron chi connectivity index (χ0n) is 8.39. The third kappa shape index (κ3) is 2.95. The minimum atomic E-state index is -0.140. The van der Waals surface area contributed by atoms with E-state index in [0.717, 1.165) is 13.0 Å². The number of rotatable bonds is 1. The standard InChI is InChI=1S/C10H18O2/c1-8(2)7-9-11-6-5-10(3,4)12-9/h7,9H,5-6H2,1-4H3/t9-/m0/s1. The fourth-order valence-corrected chi connectivity index (χ4v) is 1.18. The molecule has 0 aromatic heterocycles. The second kappa shape index (κ2) is 3.58. The normalized spacial score (nSPS) is 28.2. The molecule has 0 aromatic rings. The Morgan fingerprint density at radius 3 is 2.58 bits per heavy atom. The quantitative estimate of drug-likeness (QED) is 0.563. The van der Waals surface area contributed by atoms with E-state index in [-0.39, 0.29) is 11.9 Å². The second-order valence-corrected chi connectivity index (χ2v) is 4.11. The van der Waals surface area contributed by atoms with E-state index in [1.165, 1.54) is 5.57 Å². The van der Waals surface area contributed by atoms with Crippen LogP contribution in [0.5, 0.6) is 0 Å². The molecule has 0 aromatic carbocycles. The van der Waals surface area contributed by atoms with Gasteiger partial charge in [-0.1, -0.05) is 5.57 Å². The SMILES string of the molecule is CC(C)=C[C@H]1OCCC(C)(C)O1. The van der Waals surface area contributed by atoms with Gasteiger partial charge in [-0.15, -0.1) is 0 Å². The Hall–Kier alpha value is -0.340. The number of allylic oxidation sites excluding steroid dienone is 1. The molecular weight excluding hydrogens is 152 g/mol. The van der Waals surface area contributed by atoms with Crippen molar-refractivity contribution < 1.29 is 9.47 Å². The number of hydrogen-bond acceptors (Lipinski definition) is 2. The summed E-state index contributed by atoms with van der Waals surface area (Å²) in [6.07, 6.45) is 2.85. The minimum Gasteiger partial charge on any atom is -0.349 e. The van der Waals surface area contributed by atoms with Crippen LogP contribution in [0.2, 0.25) is 0 Å². The van der Waals surface area contributed by atoms with Crippen molar-refractivity contribution in [2.45, 2.75) is 46.0 Å². The van der Waals surface area contributed by atoms with Crippen LogP contribution in [-0.4, -0.2) is 18.5 Å². The van der Waals surface area contributed by atoms with Gasteiger partial charge >= 0.3 is 0 Å². The van der Waals surface area contributed by atoms with Gasteiger partial charge in [0.15, 0.2) is 6.29 Å². The first-order chi connectivity index (χ1) is 5.49. The Morgan fingerprint density at radius 1 is 1.42 bits per heavy atom. The summed E-state index contributed by atoms with van der Waals surface area (Å²) in [5.41, 5.74) is 1.20. The number of hydrogen-bond donors (Lipinski definition) is 0. The summed E-state index contributed by atoms with van der Waals surface area (Å²) >= 11 is 0. The molecule has 0 aliphatic carbocycles. The van der Waals surface area contributed by atoms with Gasteiger partial charge in [-0.25, -0.2) is 0 Å². The van der Waals surface area contributed by atoms with Crippen LogP contribution in [0.1, 0.15) is 34.1 Å². The average molecular weight is 170 g/mol. The highest BCUT2D eigenvalue weighted by Crippen LogP contribution is 2.23. The van der Waals surface area contributed by atoms with Crippen molar-refractivity contribution in [2.75, 3.05) is 6.61 Å². The molecule has 0 N–H and O–H groups in total. The molecule has 1 aliphatic heterocycles. The van der Waals surface area contributed by atoms with E-state index in [4.69, 9.17) is 9.47 Å². The van der Waals surface area contributed by atoms with Gasteiger partial charge in [-0.05, 0) is 40.2 Å². The third-order valence-corrected chi connectivity index (χ3v) is 1.89. The predicted molar refractivity (Wildman–Crippen MR) is 49.0 cm³/mol. The summed E-state index contributed by atoms with van der Waals surface area (Å²) in [5.74, 6) is 0. The molecule has 1 aliphatic rings. The minimum absolute atomic E-state index is 0.0329. The summed E-state index contributed by atoms with van der Waals surface area (Å²) in [7, 11) is 0. The molecule has 0 radical (unpaired) electrons. The van der Waals surface area contributed by atoms with E-state index in [9.17, 15) is 0 Å². The Kier molecular flexibility index (Phi) is 2.91. The maximum atomic E-state index is 5.69. The lowest BCUT2D eigenvalue weighted by atomic mass is 10.1. The molecule has 1 heterocycles. The molecule has 1 rings (SSSR count). The maximum absolute atomic E-state index is 5.69. The highest BCUT2D eigenvalue weighted by Gasteiger charge is 2.27. The topological polar surface area (TPSA) is 18.5 Å². The van der Waals surface area contributed by atoms with Crippen LogP contribution >= 0.6 is 0 Å². The molecule has 0 amide bonds. The molecule has 2 heteroatoms. The zero-order chi connectivity index (χ0) is 9.19. The van der Waals surface area contributed by atoms with Crippen LogP contribution in [0.25, 0.3) is 0 Å². The fourth-order valence-electron chi connectivity index (χ4n) is 1.18. The van der Waals surface area contributed by atoms with Crippen molar-refractivity contribution >= 4 is 0 Å². The molecule has 0 unspecified atom stereocenters. The maximum Gasteiger partial charge on any atom is 0.177 e. The highest BCUT2D eigenvalue weighted by atomic mass is 16.7. The van der Waals surface area contributed by atoms with Crippen LogP contribution in [-0.2, 0) is 9.47 Å². The van der Waals surface area contributed by atoms with Crippen molar-refractivity contribution in [1.82, 2.24) is 0 Å². The smallest absolute Gasteiger partial charge is 0.177 e. The van der Waals surface area contributed by atoms with Crippen molar-refractivity contribution in [3.05, 3.63) is 11.6 Å². The largest absolute Gasteiger partial charge is 0.349 e. The van der Waals surface area contributed by atoms with Gasteiger partial charge in [0.05, 0.1) is 12.2 Å². The van der Waals surface area contributed by atoms with E-state index < -0.39 is 0 Å². The van der Waals surface area contributed by atoms with Crippen molar-refractivity contribution in [3.63, 3.8) is 0 Å². The molecule has 1 atom stereocenters. The predicted octanol–water partition coefficient (Wildman–Crippen LogP) is 2.49. The van der Waals surface area contributed by atoms with E-state index in [1.807, 2.05) is 19.9 Å². The van der Waals surface area contributed by atoms with E-state index in [1.54, 1.807) is 0 Å². The Morgan fingerprint density at radius 2 is 2.08 bits per heavy atom. The van der Waals surface area contributed by atoms with E-state index >= 15 is 0 Å². The first-order valence-corrected chi connectivity index (χ1v) is 4.44. The molecule has 0 spiro atoms. The van der Waals surface area contributed by atoms with Gasteiger partial charge in [0.2, 0.25) is 0 Å². The lowest BCUT2D eigenvalue weighted by molar-refractivity contribution is -0.221. The summed E-state index contributed by atoms with van der Waals surface area (Å²) < 4.78 is 11.1. The molecule has 1 saturated heterocycles. The monoisotopic (exact) mass is 170 g/mol. The molecule has 70 valence electrons. The third-order valence-electron chi connectivity index (χ3n) is 1.89. The summed E-state index contributed by atoms with van der Waals surface area (Å²) in [5, 5.41) is 0. The first kappa shape index (κ1) is 9.75. The van der Waals surface area contributed by atoms with Crippen LogP contribution in [0, 0.1) is 0 Å².